The van der Waals surface area contributed by atoms with Crippen molar-refractivity contribution in [3.8, 4) is 5.75 Å². The van der Waals surface area contributed by atoms with Gasteiger partial charge in [-0.3, -0.25) is 9.48 Å². The van der Waals surface area contributed by atoms with Crippen molar-refractivity contribution in [2.75, 3.05) is 5.32 Å². The number of carbonyl (C=O) groups is 1. The highest BCUT2D eigenvalue weighted by Crippen LogP contribution is 2.21. The number of hydrogen-bond donors (Lipinski definition) is 2. The van der Waals surface area contributed by atoms with Gasteiger partial charge in [0, 0.05) is 18.3 Å². The van der Waals surface area contributed by atoms with Gasteiger partial charge in [0.25, 0.3) is 0 Å². The Morgan fingerprint density at radius 1 is 1.43 bits per heavy atom. The molecule has 0 saturated carbocycles. The molecular formula is C13H14F2N4O2. The lowest BCUT2D eigenvalue weighted by atomic mass is 10.2. The molecule has 1 aromatic carbocycles. The normalized spacial score (nSPS) is 10.6. The number of amides is 1. The van der Waals surface area contributed by atoms with Gasteiger partial charge in [0.15, 0.2) is 0 Å². The molecule has 0 aliphatic heterocycles. The lowest BCUT2D eigenvalue weighted by Crippen LogP contribution is -2.18. The number of para-hydroxylation sites is 1. The molecule has 0 aliphatic rings. The highest BCUT2D eigenvalue weighted by atomic mass is 19.3. The van der Waals surface area contributed by atoms with Gasteiger partial charge in [-0.2, -0.15) is 13.9 Å². The Balaban J connectivity index is 1.99. The SMILES string of the molecule is NC(=O)Cn1cc(NCc2ccccc2OC(F)F)cn1. The van der Waals surface area contributed by atoms with Crippen LogP contribution in [0.15, 0.2) is 36.7 Å². The predicted molar refractivity (Wildman–Crippen MR) is 71.8 cm³/mol. The summed E-state index contributed by atoms with van der Waals surface area (Å²) in [4.78, 5) is 10.8. The molecule has 2 aromatic rings. The van der Waals surface area contributed by atoms with Crippen LogP contribution in [0.25, 0.3) is 0 Å². The molecule has 0 bridgehead atoms. The quantitative estimate of drug-likeness (QED) is 0.812. The van der Waals surface area contributed by atoms with Crippen LogP contribution in [0.4, 0.5) is 14.5 Å². The highest BCUT2D eigenvalue weighted by Gasteiger charge is 2.09. The summed E-state index contributed by atoms with van der Waals surface area (Å²) in [6.07, 6.45) is 3.11. The van der Waals surface area contributed by atoms with E-state index in [-0.39, 0.29) is 18.8 Å². The standard InChI is InChI=1S/C13H14F2N4O2/c14-13(15)21-11-4-2-1-3-9(11)5-17-10-6-18-19(7-10)8-12(16)20/h1-4,6-7,13,17H,5,8H2,(H2,16,20). The number of aromatic nitrogens is 2. The lowest BCUT2D eigenvalue weighted by molar-refractivity contribution is -0.118. The fourth-order valence-corrected chi connectivity index (χ4v) is 1.76. The van der Waals surface area contributed by atoms with E-state index >= 15 is 0 Å². The molecule has 0 spiro atoms. The summed E-state index contributed by atoms with van der Waals surface area (Å²) in [6, 6.07) is 6.50. The first kappa shape index (κ1) is 14.8. The molecule has 1 heterocycles. The molecule has 112 valence electrons. The van der Waals surface area contributed by atoms with Crippen molar-refractivity contribution >= 4 is 11.6 Å². The third-order valence-electron chi connectivity index (χ3n) is 2.62. The highest BCUT2D eigenvalue weighted by molar-refractivity contribution is 5.73. The van der Waals surface area contributed by atoms with E-state index in [1.807, 2.05) is 0 Å². The van der Waals surface area contributed by atoms with Gasteiger partial charge in [-0.1, -0.05) is 18.2 Å². The van der Waals surface area contributed by atoms with Crippen LogP contribution >= 0.6 is 0 Å². The molecule has 3 N–H and O–H groups in total. The van der Waals surface area contributed by atoms with E-state index in [2.05, 4.69) is 15.2 Å². The molecule has 1 amide bonds. The maximum atomic E-state index is 12.3. The summed E-state index contributed by atoms with van der Waals surface area (Å²) in [5.74, 6) is -0.384. The fraction of sp³-hybridized carbons (Fsp3) is 0.231. The number of nitrogens with one attached hydrogen (secondary N) is 1. The first-order valence-electron chi connectivity index (χ1n) is 6.12. The Morgan fingerprint density at radius 3 is 2.90 bits per heavy atom. The molecule has 0 fully saturated rings. The van der Waals surface area contributed by atoms with Crippen LogP contribution in [0.2, 0.25) is 0 Å². The number of halogens is 2. The average Bonchev–Trinajstić information content (AvgIpc) is 2.84. The number of primary amides is 1. The summed E-state index contributed by atoms with van der Waals surface area (Å²) in [5, 5.41) is 6.95. The average molecular weight is 296 g/mol. The van der Waals surface area contributed by atoms with E-state index in [0.717, 1.165) is 0 Å². The third-order valence-corrected chi connectivity index (χ3v) is 2.62. The van der Waals surface area contributed by atoms with Crippen molar-refractivity contribution in [2.24, 2.45) is 5.73 Å². The van der Waals surface area contributed by atoms with Crippen molar-refractivity contribution < 1.29 is 18.3 Å². The smallest absolute Gasteiger partial charge is 0.387 e. The maximum absolute atomic E-state index is 12.3. The summed E-state index contributed by atoms with van der Waals surface area (Å²) < 4.78 is 30.4. The molecule has 6 nitrogen and oxygen atoms in total. The minimum atomic E-state index is -2.87. The number of nitrogens with zero attached hydrogens (tertiary/aromatic N) is 2. The second-order valence-electron chi connectivity index (χ2n) is 4.23. The minimum absolute atomic E-state index is 0.0211. The maximum Gasteiger partial charge on any atom is 0.387 e. The number of rotatable bonds is 7. The van der Waals surface area contributed by atoms with Gasteiger partial charge >= 0.3 is 6.61 Å². The monoisotopic (exact) mass is 296 g/mol. The number of ether oxygens (including phenoxy) is 1. The van der Waals surface area contributed by atoms with E-state index in [0.29, 0.717) is 11.3 Å². The third kappa shape index (κ3) is 4.44. The van der Waals surface area contributed by atoms with Crippen LogP contribution < -0.4 is 15.8 Å². The first-order chi connectivity index (χ1) is 10.0. The summed E-state index contributed by atoms with van der Waals surface area (Å²) in [5.41, 5.74) is 6.28. The number of benzene rings is 1. The Morgan fingerprint density at radius 2 is 2.19 bits per heavy atom. The Kier molecular flexibility index (Phi) is 4.70. The summed E-state index contributed by atoms with van der Waals surface area (Å²) >= 11 is 0. The predicted octanol–water partition coefficient (Wildman–Crippen LogP) is 1.58. The van der Waals surface area contributed by atoms with Gasteiger partial charge in [-0.25, -0.2) is 0 Å². The van der Waals surface area contributed by atoms with Gasteiger partial charge in [0.05, 0.1) is 11.9 Å². The molecule has 0 saturated heterocycles. The van der Waals surface area contributed by atoms with Crippen LogP contribution in [0.3, 0.4) is 0 Å². The van der Waals surface area contributed by atoms with Crippen LogP contribution in [-0.4, -0.2) is 22.3 Å². The van der Waals surface area contributed by atoms with Crippen molar-refractivity contribution in [1.29, 1.82) is 0 Å². The molecule has 1 aromatic heterocycles. The van der Waals surface area contributed by atoms with Crippen LogP contribution in [-0.2, 0) is 17.9 Å². The largest absolute Gasteiger partial charge is 0.434 e. The number of nitrogens with two attached hydrogens (primary N) is 1. The van der Waals surface area contributed by atoms with E-state index < -0.39 is 12.5 Å². The number of hydrogen-bond acceptors (Lipinski definition) is 4. The fourth-order valence-electron chi connectivity index (χ4n) is 1.76. The number of alkyl halides is 2. The molecule has 0 unspecified atom stereocenters. The van der Waals surface area contributed by atoms with E-state index in [9.17, 15) is 13.6 Å². The Labute approximate surface area is 119 Å². The second-order valence-corrected chi connectivity index (χ2v) is 4.23. The van der Waals surface area contributed by atoms with E-state index in [1.165, 1.54) is 16.9 Å². The van der Waals surface area contributed by atoms with Gasteiger partial charge < -0.3 is 15.8 Å². The topological polar surface area (TPSA) is 82.2 Å². The Bertz CT molecular complexity index is 616. The zero-order chi connectivity index (χ0) is 15.2. The van der Waals surface area contributed by atoms with Crippen LogP contribution in [0.5, 0.6) is 5.75 Å². The zero-order valence-electron chi connectivity index (χ0n) is 11.0. The van der Waals surface area contributed by atoms with Crippen molar-refractivity contribution in [2.45, 2.75) is 19.7 Å². The van der Waals surface area contributed by atoms with Gasteiger partial charge in [0.1, 0.15) is 12.3 Å². The number of anilines is 1. The minimum Gasteiger partial charge on any atom is -0.434 e. The molecule has 0 aliphatic carbocycles. The molecule has 0 radical (unpaired) electrons. The van der Waals surface area contributed by atoms with Gasteiger partial charge in [0.2, 0.25) is 5.91 Å². The molecule has 2 rings (SSSR count). The number of carbonyl (C=O) groups excluding carboxylic acids is 1. The first-order valence-corrected chi connectivity index (χ1v) is 6.12. The van der Waals surface area contributed by atoms with Crippen LogP contribution in [0.1, 0.15) is 5.56 Å². The molecular weight excluding hydrogens is 282 g/mol. The summed E-state index contributed by atoms with van der Waals surface area (Å²) in [7, 11) is 0. The molecule has 8 heteroatoms. The molecule has 21 heavy (non-hydrogen) atoms. The second kappa shape index (κ2) is 6.69. The van der Waals surface area contributed by atoms with Gasteiger partial charge in [-0.15, -0.1) is 0 Å². The van der Waals surface area contributed by atoms with Crippen molar-refractivity contribution in [3.05, 3.63) is 42.2 Å². The van der Waals surface area contributed by atoms with Gasteiger partial charge in [-0.05, 0) is 6.07 Å². The van der Waals surface area contributed by atoms with E-state index in [4.69, 9.17) is 5.73 Å². The summed E-state index contributed by atoms with van der Waals surface area (Å²) in [6.45, 7) is -2.61. The Hall–Kier alpha value is -2.64. The van der Waals surface area contributed by atoms with Crippen LogP contribution in [0, 0.1) is 0 Å². The lowest BCUT2D eigenvalue weighted by Gasteiger charge is -2.11. The van der Waals surface area contributed by atoms with Crippen molar-refractivity contribution in [3.63, 3.8) is 0 Å². The zero-order valence-corrected chi connectivity index (χ0v) is 11.0. The molecule has 0 atom stereocenters. The van der Waals surface area contributed by atoms with E-state index in [1.54, 1.807) is 24.4 Å². The van der Waals surface area contributed by atoms with Crippen molar-refractivity contribution in [1.82, 2.24) is 9.78 Å².